The van der Waals surface area contributed by atoms with Gasteiger partial charge in [0.2, 0.25) is 0 Å². The van der Waals surface area contributed by atoms with Crippen molar-refractivity contribution in [2.75, 3.05) is 13.2 Å². The van der Waals surface area contributed by atoms with E-state index in [1.807, 2.05) is 0 Å². The van der Waals surface area contributed by atoms with Gasteiger partial charge >= 0.3 is 0 Å². The van der Waals surface area contributed by atoms with Crippen molar-refractivity contribution >= 4 is 5.78 Å². The number of rotatable bonds is 7. The lowest BCUT2D eigenvalue weighted by Gasteiger charge is -2.03. The highest BCUT2D eigenvalue weighted by Gasteiger charge is 2.06. The Hall–Kier alpha value is -1.22. The highest BCUT2D eigenvalue weighted by molar-refractivity contribution is 5.96. The van der Waals surface area contributed by atoms with Crippen molar-refractivity contribution in [1.82, 2.24) is 0 Å². The molecule has 3 heteroatoms. The van der Waals surface area contributed by atoms with Crippen molar-refractivity contribution in [2.45, 2.75) is 26.2 Å². The van der Waals surface area contributed by atoms with Gasteiger partial charge in [-0.3, -0.25) is 4.79 Å². The van der Waals surface area contributed by atoms with Crippen molar-refractivity contribution in [2.24, 2.45) is 0 Å². The number of hydrogen-bond donors (Lipinski definition) is 0. The van der Waals surface area contributed by atoms with Crippen molar-refractivity contribution in [3.63, 3.8) is 0 Å². The first-order valence-corrected chi connectivity index (χ1v) is 5.60. The molecule has 0 unspecified atom stereocenters. The molecule has 1 aromatic rings. The summed E-state index contributed by atoms with van der Waals surface area (Å²) in [5.41, 5.74) is 0.416. The number of unbranched alkanes of at least 4 members (excludes halogenated alkanes) is 1. The highest BCUT2D eigenvalue weighted by Crippen LogP contribution is 2.06. The Balaban J connectivity index is 2.30. The first kappa shape index (κ1) is 12.8. The maximum absolute atomic E-state index is 12.8. The van der Waals surface area contributed by atoms with E-state index < -0.39 is 0 Å². The minimum absolute atomic E-state index is 0.0731. The summed E-state index contributed by atoms with van der Waals surface area (Å²) in [5.74, 6) is -0.450. The number of carbonyl (C=O) groups excluding carboxylic acids is 1. The van der Waals surface area contributed by atoms with Crippen LogP contribution in [0.25, 0.3) is 0 Å². The SMILES string of the molecule is CCCCOCCC(=O)c1cccc(F)c1. The van der Waals surface area contributed by atoms with Gasteiger partial charge in [0, 0.05) is 18.6 Å². The Labute approximate surface area is 95.4 Å². The van der Waals surface area contributed by atoms with Gasteiger partial charge in [0.25, 0.3) is 0 Å². The fraction of sp³-hybridized carbons (Fsp3) is 0.462. The van der Waals surface area contributed by atoms with Crippen molar-refractivity contribution in [3.8, 4) is 0 Å². The number of halogens is 1. The smallest absolute Gasteiger partial charge is 0.165 e. The fourth-order valence-corrected chi connectivity index (χ4v) is 1.32. The molecule has 1 aromatic carbocycles. The van der Waals surface area contributed by atoms with Crippen LogP contribution in [0.3, 0.4) is 0 Å². The first-order chi connectivity index (χ1) is 7.74. The molecule has 0 saturated carbocycles. The van der Waals surface area contributed by atoms with Gasteiger partial charge in [-0.05, 0) is 18.6 Å². The molecule has 88 valence electrons. The number of ketones is 1. The van der Waals surface area contributed by atoms with Crippen molar-refractivity contribution < 1.29 is 13.9 Å². The number of benzene rings is 1. The summed E-state index contributed by atoms with van der Waals surface area (Å²) in [4.78, 5) is 11.6. The molecule has 0 aliphatic carbocycles. The molecule has 0 atom stereocenters. The van der Waals surface area contributed by atoms with Crippen LogP contribution < -0.4 is 0 Å². The maximum atomic E-state index is 12.8. The van der Waals surface area contributed by atoms with E-state index in [4.69, 9.17) is 4.74 Å². The average Bonchev–Trinajstić information content (AvgIpc) is 2.28. The van der Waals surface area contributed by atoms with Crippen LogP contribution >= 0.6 is 0 Å². The molecular formula is C13H17FO2. The minimum Gasteiger partial charge on any atom is -0.381 e. The predicted molar refractivity (Wildman–Crippen MR) is 61.1 cm³/mol. The van der Waals surface area contributed by atoms with E-state index in [1.54, 1.807) is 12.1 Å². The third kappa shape index (κ3) is 4.53. The molecule has 0 heterocycles. The van der Waals surface area contributed by atoms with Crippen LogP contribution in [0.4, 0.5) is 4.39 Å². The molecule has 0 saturated heterocycles. The van der Waals surface area contributed by atoms with Gasteiger partial charge in [-0.1, -0.05) is 25.5 Å². The van der Waals surface area contributed by atoms with E-state index in [2.05, 4.69) is 6.92 Å². The predicted octanol–water partition coefficient (Wildman–Crippen LogP) is 3.22. The number of Topliss-reactive ketones (excluding diaryl/α,β-unsaturated/α-hetero) is 1. The summed E-state index contributed by atoms with van der Waals surface area (Å²) in [6.07, 6.45) is 2.40. The quantitative estimate of drug-likeness (QED) is 0.525. The van der Waals surface area contributed by atoms with E-state index in [1.165, 1.54) is 12.1 Å². The largest absolute Gasteiger partial charge is 0.381 e. The van der Waals surface area contributed by atoms with Crippen LogP contribution in [0.2, 0.25) is 0 Å². The van der Waals surface area contributed by atoms with Crippen molar-refractivity contribution in [1.29, 1.82) is 0 Å². The molecule has 0 spiro atoms. The number of hydrogen-bond acceptors (Lipinski definition) is 2. The van der Waals surface area contributed by atoms with Gasteiger partial charge < -0.3 is 4.74 Å². The van der Waals surface area contributed by atoms with Gasteiger partial charge in [-0.15, -0.1) is 0 Å². The monoisotopic (exact) mass is 224 g/mol. The molecule has 0 fully saturated rings. The van der Waals surface area contributed by atoms with E-state index in [9.17, 15) is 9.18 Å². The Morgan fingerprint density at radius 2 is 2.19 bits per heavy atom. The third-order valence-electron chi connectivity index (χ3n) is 2.26. The van der Waals surface area contributed by atoms with Crippen LogP contribution in [-0.2, 0) is 4.74 Å². The summed E-state index contributed by atoms with van der Waals surface area (Å²) < 4.78 is 18.1. The van der Waals surface area contributed by atoms with Crippen LogP contribution in [0.5, 0.6) is 0 Å². The van der Waals surface area contributed by atoms with Gasteiger partial charge in [-0.2, -0.15) is 0 Å². The molecule has 0 amide bonds. The van der Waals surface area contributed by atoms with Gasteiger partial charge in [0.15, 0.2) is 5.78 Å². The van der Waals surface area contributed by atoms with E-state index >= 15 is 0 Å². The Morgan fingerprint density at radius 1 is 1.38 bits per heavy atom. The fourth-order valence-electron chi connectivity index (χ4n) is 1.32. The van der Waals surface area contributed by atoms with Crippen LogP contribution in [-0.4, -0.2) is 19.0 Å². The topological polar surface area (TPSA) is 26.3 Å². The second-order valence-electron chi connectivity index (χ2n) is 3.65. The summed E-state index contributed by atoms with van der Waals surface area (Å²) in [5, 5.41) is 0. The Kier molecular flexibility index (Phi) is 5.72. The highest BCUT2D eigenvalue weighted by atomic mass is 19.1. The average molecular weight is 224 g/mol. The summed E-state index contributed by atoms with van der Waals surface area (Å²) in [6.45, 7) is 3.18. The first-order valence-electron chi connectivity index (χ1n) is 5.60. The molecule has 0 radical (unpaired) electrons. The molecule has 0 N–H and O–H groups in total. The van der Waals surface area contributed by atoms with Crippen LogP contribution in [0.15, 0.2) is 24.3 Å². The van der Waals surface area contributed by atoms with Crippen molar-refractivity contribution in [3.05, 3.63) is 35.6 Å². The van der Waals surface area contributed by atoms with Gasteiger partial charge in [0.1, 0.15) is 5.82 Å². The molecule has 0 aromatic heterocycles. The maximum Gasteiger partial charge on any atom is 0.165 e. The Bertz CT molecular complexity index is 336. The summed E-state index contributed by atoms with van der Waals surface area (Å²) >= 11 is 0. The zero-order valence-corrected chi connectivity index (χ0v) is 9.54. The van der Waals surface area contributed by atoms with Gasteiger partial charge in [0.05, 0.1) is 6.61 Å². The summed E-state index contributed by atoms with van der Waals surface area (Å²) in [7, 11) is 0. The van der Waals surface area contributed by atoms with E-state index in [-0.39, 0.29) is 11.6 Å². The lowest BCUT2D eigenvalue weighted by atomic mass is 10.1. The van der Waals surface area contributed by atoms with Crippen LogP contribution in [0.1, 0.15) is 36.5 Å². The molecule has 16 heavy (non-hydrogen) atoms. The zero-order chi connectivity index (χ0) is 11.8. The summed E-state index contributed by atoms with van der Waals surface area (Å²) in [6, 6.07) is 5.75. The second-order valence-corrected chi connectivity index (χ2v) is 3.65. The molecule has 0 aliphatic heterocycles. The molecule has 0 bridgehead atoms. The van der Waals surface area contributed by atoms with E-state index in [0.29, 0.717) is 25.2 Å². The van der Waals surface area contributed by atoms with E-state index in [0.717, 1.165) is 12.8 Å². The third-order valence-corrected chi connectivity index (χ3v) is 2.26. The molecule has 1 rings (SSSR count). The standard InChI is InChI=1S/C13H17FO2/c1-2-3-8-16-9-7-13(15)11-5-4-6-12(14)10-11/h4-6,10H,2-3,7-9H2,1H3. The van der Waals surface area contributed by atoms with Crippen LogP contribution in [0, 0.1) is 5.82 Å². The number of carbonyl (C=O) groups is 1. The minimum atomic E-state index is -0.377. The second kappa shape index (κ2) is 7.12. The normalized spacial score (nSPS) is 10.4. The zero-order valence-electron chi connectivity index (χ0n) is 9.54. The molecule has 2 nitrogen and oxygen atoms in total. The number of ether oxygens (including phenoxy) is 1. The lowest BCUT2D eigenvalue weighted by Crippen LogP contribution is -2.05. The molecular weight excluding hydrogens is 207 g/mol. The lowest BCUT2D eigenvalue weighted by molar-refractivity contribution is 0.0873. The molecule has 0 aliphatic rings. The Morgan fingerprint density at radius 3 is 2.88 bits per heavy atom. The van der Waals surface area contributed by atoms with Gasteiger partial charge in [-0.25, -0.2) is 4.39 Å².